The van der Waals surface area contributed by atoms with Gasteiger partial charge in [-0.05, 0) is 67.6 Å². The van der Waals surface area contributed by atoms with Crippen molar-refractivity contribution < 1.29 is 14.0 Å². The fraction of sp³-hybridized carbons (Fsp3) is 0.481. The number of aromatic nitrogens is 3. The average molecular weight is 598 g/mol. The van der Waals surface area contributed by atoms with E-state index in [1.54, 1.807) is 4.52 Å². The molecule has 1 aromatic carbocycles. The van der Waals surface area contributed by atoms with Gasteiger partial charge in [-0.15, -0.1) is 24.8 Å². The first kappa shape index (κ1) is 29.5. The SMILES string of the molecule is Cc1cc(Cl)cc(-c2ncnn3cc(CN4C(=O)C5C(C4=O)C5(C)C)cc23)c1NCC1(F)CCNCC1.Cl.Cl. The molecule has 2 saturated heterocycles. The highest BCUT2D eigenvalue weighted by Crippen LogP contribution is 2.63. The Morgan fingerprint density at radius 2 is 1.79 bits per heavy atom. The van der Waals surface area contributed by atoms with E-state index in [2.05, 4.69) is 20.7 Å². The number of halogens is 4. The average Bonchev–Trinajstić information content (AvgIpc) is 3.09. The summed E-state index contributed by atoms with van der Waals surface area (Å²) in [5, 5.41) is 11.5. The van der Waals surface area contributed by atoms with Gasteiger partial charge in [0.25, 0.3) is 0 Å². The Labute approximate surface area is 243 Å². The van der Waals surface area contributed by atoms with Crippen LogP contribution in [0.15, 0.2) is 30.7 Å². The predicted octanol–water partition coefficient (Wildman–Crippen LogP) is 4.85. The number of carbonyl (C=O) groups excluding carboxylic acids is 2. The number of aryl methyl sites for hydroxylation is 1. The monoisotopic (exact) mass is 596 g/mol. The van der Waals surface area contributed by atoms with Crippen molar-refractivity contribution in [3.05, 3.63) is 46.9 Å². The molecule has 0 spiro atoms. The van der Waals surface area contributed by atoms with E-state index in [9.17, 15) is 9.59 Å². The predicted molar refractivity (Wildman–Crippen MR) is 153 cm³/mol. The van der Waals surface area contributed by atoms with Crippen LogP contribution in [0.3, 0.4) is 0 Å². The number of piperidine rings is 2. The molecular weight excluding hydrogens is 566 g/mol. The van der Waals surface area contributed by atoms with Gasteiger partial charge in [0.15, 0.2) is 0 Å². The van der Waals surface area contributed by atoms with Crippen molar-refractivity contribution in [2.45, 2.75) is 45.8 Å². The molecule has 3 fully saturated rings. The van der Waals surface area contributed by atoms with Gasteiger partial charge in [0.1, 0.15) is 12.0 Å². The minimum atomic E-state index is -1.29. The van der Waals surface area contributed by atoms with Crippen LogP contribution in [0, 0.1) is 24.2 Å². The maximum Gasteiger partial charge on any atom is 0.233 e. The van der Waals surface area contributed by atoms with Crippen LogP contribution in [0.1, 0.15) is 37.8 Å². The van der Waals surface area contributed by atoms with Gasteiger partial charge in [0.05, 0.1) is 29.6 Å². The Balaban J connectivity index is 0.00000176. The lowest BCUT2D eigenvalue weighted by Crippen LogP contribution is -2.43. The summed E-state index contributed by atoms with van der Waals surface area (Å²) in [6.07, 6.45) is 4.18. The molecule has 6 rings (SSSR count). The fourth-order valence-electron chi connectivity index (χ4n) is 6.08. The van der Waals surface area contributed by atoms with Crippen LogP contribution in [-0.4, -0.2) is 56.6 Å². The topological polar surface area (TPSA) is 91.6 Å². The number of hydrogen-bond acceptors (Lipinski definition) is 6. The van der Waals surface area contributed by atoms with Gasteiger partial charge in [-0.1, -0.05) is 25.4 Å². The van der Waals surface area contributed by atoms with Crippen molar-refractivity contribution in [3.63, 3.8) is 0 Å². The quantitative estimate of drug-likeness (QED) is 0.395. The minimum Gasteiger partial charge on any atom is -0.381 e. The third-order valence-corrected chi connectivity index (χ3v) is 8.55. The van der Waals surface area contributed by atoms with Crippen LogP contribution in [0.5, 0.6) is 0 Å². The number of likely N-dealkylation sites (tertiary alicyclic amines) is 1. The third-order valence-electron chi connectivity index (χ3n) is 8.33. The zero-order chi connectivity index (χ0) is 26.1. The van der Waals surface area contributed by atoms with Gasteiger partial charge in [-0.2, -0.15) is 5.10 Å². The minimum absolute atomic E-state index is 0. The third kappa shape index (κ3) is 4.99. The highest BCUT2D eigenvalue weighted by Gasteiger charge is 2.72. The molecule has 1 saturated carbocycles. The van der Waals surface area contributed by atoms with Crippen LogP contribution in [0.4, 0.5) is 10.1 Å². The Morgan fingerprint density at radius 3 is 2.46 bits per heavy atom. The van der Waals surface area contributed by atoms with E-state index in [0.29, 0.717) is 42.2 Å². The van der Waals surface area contributed by atoms with Crippen LogP contribution < -0.4 is 10.6 Å². The summed E-state index contributed by atoms with van der Waals surface area (Å²) in [5.74, 6) is -0.628. The summed E-state index contributed by atoms with van der Waals surface area (Å²) in [5.41, 5.74) is 3.01. The van der Waals surface area contributed by atoms with Crippen molar-refractivity contribution >= 4 is 59.4 Å². The summed E-state index contributed by atoms with van der Waals surface area (Å²) < 4.78 is 17.1. The maximum atomic E-state index is 15.4. The molecule has 2 atom stereocenters. The number of amides is 2. The highest BCUT2D eigenvalue weighted by molar-refractivity contribution is 6.31. The van der Waals surface area contributed by atoms with Gasteiger partial charge in [0.2, 0.25) is 11.8 Å². The van der Waals surface area contributed by atoms with Gasteiger partial charge < -0.3 is 10.6 Å². The second-order valence-corrected chi connectivity index (χ2v) is 11.7. The summed E-state index contributed by atoms with van der Waals surface area (Å²) in [4.78, 5) is 31.6. The molecule has 0 bridgehead atoms. The first-order valence-electron chi connectivity index (χ1n) is 12.7. The number of alkyl halides is 1. The molecule has 2 N–H and O–H groups in total. The second kappa shape index (κ2) is 10.5. The number of nitrogens with one attached hydrogen (secondary N) is 2. The number of anilines is 1. The smallest absolute Gasteiger partial charge is 0.233 e. The molecular formula is C27H32Cl3FN6O2. The number of carbonyl (C=O) groups is 2. The van der Waals surface area contributed by atoms with E-state index >= 15 is 4.39 Å². The van der Waals surface area contributed by atoms with Crippen molar-refractivity contribution in [3.8, 4) is 11.3 Å². The lowest BCUT2D eigenvalue weighted by atomic mass is 9.94. The standard InChI is InChI=1S/C27H30ClFN6O2.2ClH/c1-15-8-17(28)10-18(22(15)31-13-27(29)4-6-30-7-5-27)23-19-9-16(12-35(19)33-14-32-23)11-34-24(36)20-21(25(34)37)26(20,2)3;;/h8-10,12,14,20-21,30-31H,4-7,11,13H2,1-3H3;2*1H. The van der Waals surface area contributed by atoms with E-state index < -0.39 is 5.67 Å². The molecule has 0 radical (unpaired) electrons. The Morgan fingerprint density at radius 1 is 1.13 bits per heavy atom. The number of imide groups is 1. The summed E-state index contributed by atoms with van der Waals surface area (Å²) in [6, 6.07) is 5.57. The number of nitrogens with zero attached hydrogens (tertiary/aromatic N) is 4. The molecule has 12 heteroatoms. The maximum absolute atomic E-state index is 15.4. The normalized spacial score (nSPS) is 22.7. The Bertz CT molecular complexity index is 1410. The Kier molecular flexibility index (Phi) is 7.95. The van der Waals surface area contributed by atoms with E-state index in [1.807, 2.05) is 45.2 Å². The first-order valence-corrected chi connectivity index (χ1v) is 13.1. The van der Waals surface area contributed by atoms with Crippen molar-refractivity contribution in [2.24, 2.45) is 17.3 Å². The number of rotatable bonds is 6. The van der Waals surface area contributed by atoms with Crippen LogP contribution >= 0.6 is 36.4 Å². The lowest BCUT2D eigenvalue weighted by Gasteiger charge is -2.31. The summed E-state index contributed by atoms with van der Waals surface area (Å²) >= 11 is 6.45. The van der Waals surface area contributed by atoms with Crippen molar-refractivity contribution in [2.75, 3.05) is 25.0 Å². The molecule has 4 heterocycles. The zero-order valence-electron chi connectivity index (χ0n) is 22.0. The van der Waals surface area contributed by atoms with Gasteiger partial charge >= 0.3 is 0 Å². The van der Waals surface area contributed by atoms with E-state index in [1.165, 1.54) is 11.2 Å². The molecule has 2 unspecified atom stereocenters. The first-order chi connectivity index (χ1) is 17.6. The largest absolute Gasteiger partial charge is 0.381 e. The molecule has 2 aromatic heterocycles. The summed E-state index contributed by atoms with van der Waals surface area (Å²) in [7, 11) is 0. The van der Waals surface area contributed by atoms with Crippen LogP contribution in [0.2, 0.25) is 5.02 Å². The second-order valence-electron chi connectivity index (χ2n) is 11.2. The number of fused-ring (bicyclic) bond motifs is 2. The van der Waals surface area contributed by atoms with Crippen molar-refractivity contribution in [1.82, 2.24) is 24.8 Å². The Hall–Kier alpha value is -2.46. The van der Waals surface area contributed by atoms with Crippen LogP contribution in [0.25, 0.3) is 16.8 Å². The van der Waals surface area contributed by atoms with E-state index in [0.717, 1.165) is 22.4 Å². The molecule has 39 heavy (non-hydrogen) atoms. The lowest BCUT2D eigenvalue weighted by molar-refractivity contribution is -0.143. The molecule has 2 amide bonds. The number of hydrogen-bond donors (Lipinski definition) is 2. The van der Waals surface area contributed by atoms with Gasteiger partial charge in [-0.25, -0.2) is 13.9 Å². The zero-order valence-corrected chi connectivity index (χ0v) is 24.4. The molecule has 8 nitrogen and oxygen atoms in total. The molecule has 3 aromatic rings. The summed E-state index contributed by atoms with van der Waals surface area (Å²) in [6.45, 7) is 7.58. The van der Waals surface area contributed by atoms with E-state index in [-0.39, 0.29) is 67.0 Å². The molecule has 3 aliphatic rings. The van der Waals surface area contributed by atoms with E-state index in [4.69, 9.17) is 11.6 Å². The fourth-order valence-corrected chi connectivity index (χ4v) is 6.36. The van der Waals surface area contributed by atoms with Crippen molar-refractivity contribution in [1.29, 1.82) is 0 Å². The molecule has 2 aliphatic heterocycles. The van der Waals surface area contributed by atoms with Crippen LogP contribution in [-0.2, 0) is 16.1 Å². The van der Waals surface area contributed by atoms with Gasteiger partial charge in [-0.3, -0.25) is 14.5 Å². The molecule has 210 valence electrons. The molecule has 1 aliphatic carbocycles. The van der Waals surface area contributed by atoms with Gasteiger partial charge in [0, 0.05) is 29.0 Å². The number of benzene rings is 1. The highest BCUT2D eigenvalue weighted by atomic mass is 35.5.